The van der Waals surface area contributed by atoms with Gasteiger partial charge in [0.15, 0.2) is 0 Å². The highest BCUT2D eigenvalue weighted by Crippen LogP contribution is 2.31. The highest BCUT2D eigenvalue weighted by atomic mass is 35.5. The highest BCUT2D eigenvalue weighted by molar-refractivity contribution is 7.99. The molecule has 2 atom stereocenters. The van der Waals surface area contributed by atoms with Crippen LogP contribution in [0.4, 0.5) is 0 Å². The molecule has 2 unspecified atom stereocenters. The van der Waals surface area contributed by atoms with Gasteiger partial charge in [0.25, 0.3) is 0 Å². The Morgan fingerprint density at radius 2 is 2.17 bits per heavy atom. The first-order chi connectivity index (χ1) is 11.0. The van der Waals surface area contributed by atoms with Gasteiger partial charge in [-0.1, -0.05) is 43.5 Å². The van der Waals surface area contributed by atoms with E-state index in [9.17, 15) is 4.79 Å². The third kappa shape index (κ3) is 7.29. The molecule has 0 saturated carbocycles. The first-order valence-electron chi connectivity index (χ1n) is 7.83. The molecule has 0 aromatic carbocycles. The van der Waals surface area contributed by atoms with Crippen LogP contribution in [-0.4, -0.2) is 29.4 Å². The van der Waals surface area contributed by atoms with E-state index in [1.807, 2.05) is 0 Å². The summed E-state index contributed by atoms with van der Waals surface area (Å²) in [7, 11) is 0. The van der Waals surface area contributed by atoms with Gasteiger partial charge in [0.2, 0.25) is 0 Å². The second-order valence-corrected chi connectivity index (χ2v) is 7.19. The SMILES string of the molecule is CCCC(N)C(CC)COC(=O)CCSc1ccnc(Cl)c1Cl. The topological polar surface area (TPSA) is 65.2 Å². The van der Waals surface area contributed by atoms with E-state index in [4.69, 9.17) is 33.7 Å². The number of carbonyl (C=O) groups excluding carboxylic acids is 1. The largest absolute Gasteiger partial charge is 0.465 e. The molecule has 0 aliphatic rings. The number of pyridine rings is 1. The number of nitrogens with zero attached hydrogens (tertiary/aromatic N) is 1. The number of esters is 1. The zero-order valence-electron chi connectivity index (χ0n) is 13.6. The van der Waals surface area contributed by atoms with E-state index in [1.165, 1.54) is 11.8 Å². The van der Waals surface area contributed by atoms with Crippen LogP contribution in [0.3, 0.4) is 0 Å². The highest BCUT2D eigenvalue weighted by Gasteiger charge is 2.17. The summed E-state index contributed by atoms with van der Waals surface area (Å²) in [5, 5.41) is 0.694. The van der Waals surface area contributed by atoms with Gasteiger partial charge in [-0.05, 0) is 18.9 Å². The quantitative estimate of drug-likeness (QED) is 0.367. The lowest BCUT2D eigenvalue weighted by molar-refractivity contribution is -0.144. The number of nitrogens with two attached hydrogens (primary N) is 1. The minimum absolute atomic E-state index is 0.0879. The van der Waals surface area contributed by atoms with E-state index in [0.717, 1.165) is 24.2 Å². The van der Waals surface area contributed by atoms with Crippen molar-refractivity contribution in [2.24, 2.45) is 11.7 Å². The molecule has 0 saturated heterocycles. The predicted octanol–water partition coefficient (Wildman–Crippen LogP) is 4.57. The smallest absolute Gasteiger partial charge is 0.306 e. The monoisotopic (exact) mass is 378 g/mol. The molecule has 0 aliphatic heterocycles. The van der Waals surface area contributed by atoms with Gasteiger partial charge in [0.05, 0.1) is 18.1 Å². The van der Waals surface area contributed by atoms with E-state index in [-0.39, 0.29) is 23.1 Å². The Hall–Kier alpha value is -0.490. The number of thioether (sulfide) groups is 1. The number of aromatic nitrogens is 1. The van der Waals surface area contributed by atoms with Crippen molar-refractivity contribution in [2.75, 3.05) is 12.4 Å². The lowest BCUT2D eigenvalue weighted by atomic mass is 9.95. The molecule has 1 heterocycles. The van der Waals surface area contributed by atoms with Gasteiger partial charge in [-0.15, -0.1) is 11.8 Å². The Morgan fingerprint density at radius 3 is 2.83 bits per heavy atom. The molecule has 0 spiro atoms. The van der Waals surface area contributed by atoms with E-state index in [2.05, 4.69) is 18.8 Å². The van der Waals surface area contributed by atoms with Gasteiger partial charge in [-0.25, -0.2) is 4.98 Å². The zero-order valence-corrected chi connectivity index (χ0v) is 15.9. The Kier molecular flexibility index (Phi) is 9.95. The standard InChI is InChI=1S/C16H24Cl2N2O2S/c1-3-5-12(19)11(4-2)10-22-14(21)7-9-23-13-6-8-20-16(18)15(13)17/h6,8,11-12H,3-5,7,9-10,19H2,1-2H3. The molecule has 1 aromatic rings. The Balaban J connectivity index is 2.32. The molecule has 1 rings (SSSR count). The average molecular weight is 379 g/mol. The van der Waals surface area contributed by atoms with E-state index in [1.54, 1.807) is 12.3 Å². The van der Waals surface area contributed by atoms with Crippen molar-refractivity contribution in [3.63, 3.8) is 0 Å². The summed E-state index contributed by atoms with van der Waals surface area (Å²) in [6.07, 6.45) is 4.81. The van der Waals surface area contributed by atoms with Crippen LogP contribution in [0.15, 0.2) is 17.2 Å². The van der Waals surface area contributed by atoms with Gasteiger partial charge >= 0.3 is 5.97 Å². The average Bonchev–Trinajstić information content (AvgIpc) is 2.52. The maximum absolute atomic E-state index is 11.8. The minimum atomic E-state index is -0.212. The first kappa shape index (κ1) is 20.6. The van der Waals surface area contributed by atoms with Crippen molar-refractivity contribution in [1.82, 2.24) is 4.98 Å². The molecule has 0 radical (unpaired) electrons. The van der Waals surface area contributed by atoms with Crippen LogP contribution in [0.5, 0.6) is 0 Å². The number of hydrogen-bond donors (Lipinski definition) is 1. The van der Waals surface area contributed by atoms with Gasteiger partial charge in [-0.3, -0.25) is 4.79 Å². The summed E-state index contributed by atoms with van der Waals surface area (Å²) < 4.78 is 5.35. The van der Waals surface area contributed by atoms with E-state index < -0.39 is 0 Å². The predicted molar refractivity (Wildman–Crippen MR) is 97.2 cm³/mol. The number of hydrogen-bond acceptors (Lipinski definition) is 5. The van der Waals surface area contributed by atoms with Gasteiger partial charge < -0.3 is 10.5 Å². The van der Waals surface area contributed by atoms with Crippen molar-refractivity contribution in [3.05, 3.63) is 22.4 Å². The maximum atomic E-state index is 11.8. The number of carbonyl (C=O) groups is 1. The molecule has 0 amide bonds. The summed E-state index contributed by atoms with van der Waals surface area (Å²) >= 11 is 13.4. The first-order valence-corrected chi connectivity index (χ1v) is 9.57. The lowest BCUT2D eigenvalue weighted by Crippen LogP contribution is -2.33. The van der Waals surface area contributed by atoms with Crippen molar-refractivity contribution < 1.29 is 9.53 Å². The number of halogens is 2. The second kappa shape index (κ2) is 11.1. The second-order valence-electron chi connectivity index (χ2n) is 5.32. The van der Waals surface area contributed by atoms with Gasteiger partial charge in [-0.2, -0.15) is 0 Å². The molecule has 0 bridgehead atoms. The van der Waals surface area contributed by atoms with Crippen molar-refractivity contribution in [2.45, 2.75) is 50.5 Å². The fourth-order valence-corrected chi connectivity index (χ4v) is 3.50. The molecule has 7 heteroatoms. The van der Waals surface area contributed by atoms with E-state index >= 15 is 0 Å². The Morgan fingerprint density at radius 1 is 1.43 bits per heavy atom. The third-order valence-corrected chi connectivity index (χ3v) is 5.52. The van der Waals surface area contributed by atoms with Crippen molar-refractivity contribution in [3.8, 4) is 0 Å². The van der Waals surface area contributed by atoms with Crippen LogP contribution in [0.1, 0.15) is 39.5 Å². The molecule has 2 N–H and O–H groups in total. The van der Waals surface area contributed by atoms with Crippen LogP contribution in [0.25, 0.3) is 0 Å². The van der Waals surface area contributed by atoms with Gasteiger partial charge in [0, 0.05) is 28.8 Å². The Labute approximate surface area is 152 Å². The zero-order chi connectivity index (χ0) is 17.2. The Bertz CT molecular complexity index is 503. The van der Waals surface area contributed by atoms with Crippen LogP contribution < -0.4 is 5.73 Å². The van der Waals surface area contributed by atoms with E-state index in [0.29, 0.717) is 23.8 Å². The third-order valence-electron chi connectivity index (χ3n) is 3.59. The molecule has 130 valence electrons. The maximum Gasteiger partial charge on any atom is 0.306 e. The molecular formula is C16H24Cl2N2O2S. The normalized spacial score (nSPS) is 13.6. The van der Waals surface area contributed by atoms with Crippen molar-refractivity contribution >= 4 is 40.9 Å². The molecule has 0 fully saturated rings. The molecule has 0 aliphatic carbocycles. The number of ether oxygens (including phenoxy) is 1. The minimum Gasteiger partial charge on any atom is -0.465 e. The summed E-state index contributed by atoms with van der Waals surface area (Å²) in [4.78, 5) is 16.5. The summed E-state index contributed by atoms with van der Waals surface area (Å²) in [5.41, 5.74) is 6.10. The number of rotatable bonds is 10. The molecule has 4 nitrogen and oxygen atoms in total. The fraction of sp³-hybridized carbons (Fsp3) is 0.625. The van der Waals surface area contributed by atoms with Crippen LogP contribution in [0.2, 0.25) is 10.2 Å². The van der Waals surface area contributed by atoms with Crippen LogP contribution in [0, 0.1) is 5.92 Å². The molecular weight excluding hydrogens is 355 g/mol. The fourth-order valence-electron chi connectivity index (χ4n) is 2.14. The summed E-state index contributed by atoms with van der Waals surface area (Å²) in [6, 6.07) is 1.87. The van der Waals surface area contributed by atoms with Crippen LogP contribution in [-0.2, 0) is 9.53 Å². The molecule has 1 aromatic heterocycles. The molecule has 23 heavy (non-hydrogen) atoms. The van der Waals surface area contributed by atoms with Crippen molar-refractivity contribution in [1.29, 1.82) is 0 Å². The summed E-state index contributed by atoms with van der Waals surface area (Å²) in [5.74, 6) is 0.590. The van der Waals surface area contributed by atoms with Crippen LogP contribution >= 0.6 is 35.0 Å². The van der Waals surface area contributed by atoms with Gasteiger partial charge in [0.1, 0.15) is 5.15 Å². The summed E-state index contributed by atoms with van der Waals surface area (Å²) in [6.45, 7) is 4.56. The lowest BCUT2D eigenvalue weighted by Gasteiger charge is -2.21.